The highest BCUT2D eigenvalue weighted by Gasteiger charge is 2.12. The van der Waals surface area contributed by atoms with E-state index in [1.165, 1.54) is 24.7 Å². The topological polar surface area (TPSA) is 25.8 Å². The number of hydrogen-bond donors (Lipinski definition) is 0. The second-order valence-electron chi connectivity index (χ2n) is 2.83. The third-order valence-corrected chi connectivity index (χ3v) is 2.21. The van der Waals surface area contributed by atoms with Crippen LogP contribution in [0.25, 0.3) is 11.1 Å². The minimum atomic E-state index is -0.950. The largest absolute Gasteiger partial charge is 0.244 e. The molecule has 1 aromatic heterocycles. The minimum Gasteiger partial charge on any atom is -0.244 e. The van der Waals surface area contributed by atoms with Crippen molar-refractivity contribution in [3.63, 3.8) is 0 Å². The SMILES string of the molecule is Fc1cccc(-c2cncnc2Cl)c1F. The van der Waals surface area contributed by atoms with Gasteiger partial charge in [-0.25, -0.2) is 18.7 Å². The summed E-state index contributed by atoms with van der Waals surface area (Å²) in [6.45, 7) is 0. The summed E-state index contributed by atoms with van der Waals surface area (Å²) in [7, 11) is 0. The molecule has 0 unspecified atom stereocenters. The zero-order valence-electron chi connectivity index (χ0n) is 7.42. The summed E-state index contributed by atoms with van der Waals surface area (Å²) in [4.78, 5) is 7.40. The van der Waals surface area contributed by atoms with Crippen LogP contribution in [0.5, 0.6) is 0 Å². The number of aromatic nitrogens is 2. The number of rotatable bonds is 1. The van der Waals surface area contributed by atoms with Gasteiger partial charge in [-0.3, -0.25) is 0 Å². The molecule has 1 aromatic carbocycles. The Morgan fingerprint density at radius 3 is 2.67 bits per heavy atom. The molecule has 0 saturated heterocycles. The Kier molecular flexibility index (Phi) is 2.60. The maximum Gasteiger partial charge on any atom is 0.166 e. The standard InChI is InChI=1S/C10H5ClF2N2/c11-10-7(4-14-5-15-10)6-2-1-3-8(12)9(6)13/h1-5H. The van der Waals surface area contributed by atoms with Gasteiger partial charge in [-0.2, -0.15) is 0 Å². The van der Waals surface area contributed by atoms with Crippen LogP contribution < -0.4 is 0 Å². The molecule has 0 saturated carbocycles. The molecular formula is C10H5ClF2N2. The van der Waals surface area contributed by atoms with Gasteiger partial charge in [0.25, 0.3) is 0 Å². The van der Waals surface area contributed by atoms with Gasteiger partial charge in [0.05, 0.1) is 0 Å². The Hall–Kier alpha value is -1.55. The Morgan fingerprint density at radius 2 is 1.93 bits per heavy atom. The van der Waals surface area contributed by atoms with E-state index < -0.39 is 11.6 Å². The predicted octanol–water partition coefficient (Wildman–Crippen LogP) is 3.08. The van der Waals surface area contributed by atoms with Gasteiger partial charge < -0.3 is 0 Å². The summed E-state index contributed by atoms with van der Waals surface area (Å²) >= 11 is 5.74. The normalized spacial score (nSPS) is 10.3. The van der Waals surface area contributed by atoms with E-state index in [0.29, 0.717) is 0 Å². The quantitative estimate of drug-likeness (QED) is 0.699. The van der Waals surface area contributed by atoms with Gasteiger partial charge in [0.2, 0.25) is 0 Å². The highest BCUT2D eigenvalue weighted by atomic mass is 35.5. The Morgan fingerprint density at radius 1 is 1.13 bits per heavy atom. The molecule has 15 heavy (non-hydrogen) atoms. The van der Waals surface area contributed by atoms with Gasteiger partial charge in [0, 0.05) is 17.3 Å². The molecule has 76 valence electrons. The molecule has 2 rings (SSSR count). The lowest BCUT2D eigenvalue weighted by molar-refractivity contribution is 0.511. The van der Waals surface area contributed by atoms with E-state index in [2.05, 4.69) is 9.97 Å². The van der Waals surface area contributed by atoms with Gasteiger partial charge in [-0.15, -0.1) is 0 Å². The number of halogens is 3. The van der Waals surface area contributed by atoms with E-state index in [0.717, 1.165) is 6.07 Å². The van der Waals surface area contributed by atoms with E-state index >= 15 is 0 Å². The van der Waals surface area contributed by atoms with E-state index in [4.69, 9.17) is 11.6 Å². The zero-order chi connectivity index (χ0) is 10.8. The predicted molar refractivity (Wildman–Crippen MR) is 52.4 cm³/mol. The van der Waals surface area contributed by atoms with Crippen LogP contribution in [0.15, 0.2) is 30.7 Å². The molecule has 0 aliphatic heterocycles. The van der Waals surface area contributed by atoms with Crippen molar-refractivity contribution in [2.45, 2.75) is 0 Å². The first kappa shape index (κ1) is 9.98. The first-order valence-electron chi connectivity index (χ1n) is 4.10. The van der Waals surface area contributed by atoms with Crippen molar-refractivity contribution in [1.82, 2.24) is 9.97 Å². The number of nitrogens with zero attached hydrogens (tertiary/aromatic N) is 2. The first-order valence-corrected chi connectivity index (χ1v) is 4.48. The zero-order valence-corrected chi connectivity index (χ0v) is 8.17. The molecule has 2 nitrogen and oxygen atoms in total. The monoisotopic (exact) mass is 226 g/mol. The van der Waals surface area contributed by atoms with Gasteiger partial charge in [-0.05, 0) is 6.07 Å². The van der Waals surface area contributed by atoms with Crippen LogP contribution in [-0.2, 0) is 0 Å². The van der Waals surface area contributed by atoms with Crippen LogP contribution in [0.1, 0.15) is 0 Å². The molecule has 0 atom stereocenters. The lowest BCUT2D eigenvalue weighted by Crippen LogP contribution is -1.91. The summed E-state index contributed by atoms with van der Waals surface area (Å²) in [6, 6.07) is 3.86. The average molecular weight is 227 g/mol. The van der Waals surface area contributed by atoms with Crippen LogP contribution in [0.2, 0.25) is 5.15 Å². The lowest BCUT2D eigenvalue weighted by atomic mass is 10.1. The van der Waals surface area contributed by atoms with E-state index in [1.54, 1.807) is 0 Å². The first-order chi connectivity index (χ1) is 7.20. The third-order valence-electron chi connectivity index (χ3n) is 1.91. The fraction of sp³-hybridized carbons (Fsp3) is 0. The maximum atomic E-state index is 13.4. The molecule has 0 radical (unpaired) electrons. The third kappa shape index (κ3) is 1.80. The second-order valence-corrected chi connectivity index (χ2v) is 3.19. The highest BCUT2D eigenvalue weighted by molar-refractivity contribution is 6.32. The molecule has 0 aliphatic rings. The Balaban J connectivity index is 2.65. The fourth-order valence-corrected chi connectivity index (χ4v) is 1.40. The maximum absolute atomic E-state index is 13.4. The van der Waals surface area contributed by atoms with Crippen molar-refractivity contribution in [2.75, 3.05) is 0 Å². The molecule has 0 aliphatic carbocycles. The van der Waals surface area contributed by atoms with E-state index in [-0.39, 0.29) is 16.3 Å². The van der Waals surface area contributed by atoms with E-state index in [1.807, 2.05) is 0 Å². The molecular weight excluding hydrogens is 222 g/mol. The molecule has 5 heteroatoms. The van der Waals surface area contributed by atoms with Gasteiger partial charge in [-0.1, -0.05) is 23.7 Å². The van der Waals surface area contributed by atoms with Crippen LogP contribution in [-0.4, -0.2) is 9.97 Å². The summed E-state index contributed by atoms with van der Waals surface area (Å²) in [5.74, 6) is -1.87. The summed E-state index contributed by atoms with van der Waals surface area (Å²) in [5.41, 5.74) is 0.330. The Bertz CT molecular complexity index is 503. The van der Waals surface area contributed by atoms with Gasteiger partial charge >= 0.3 is 0 Å². The molecule has 0 fully saturated rings. The molecule has 0 bridgehead atoms. The van der Waals surface area contributed by atoms with Gasteiger partial charge in [0.1, 0.15) is 11.5 Å². The van der Waals surface area contributed by atoms with Crippen molar-refractivity contribution in [3.05, 3.63) is 47.5 Å². The molecule has 0 spiro atoms. The lowest BCUT2D eigenvalue weighted by Gasteiger charge is -2.04. The molecule has 0 N–H and O–H groups in total. The fourth-order valence-electron chi connectivity index (χ4n) is 1.21. The van der Waals surface area contributed by atoms with Crippen molar-refractivity contribution in [1.29, 1.82) is 0 Å². The van der Waals surface area contributed by atoms with Crippen LogP contribution in [0.3, 0.4) is 0 Å². The molecule has 0 amide bonds. The van der Waals surface area contributed by atoms with E-state index in [9.17, 15) is 8.78 Å². The smallest absolute Gasteiger partial charge is 0.166 e. The summed E-state index contributed by atoms with van der Waals surface area (Å²) in [6.07, 6.45) is 2.58. The Labute approximate surface area is 89.6 Å². The van der Waals surface area contributed by atoms with Crippen LogP contribution in [0, 0.1) is 11.6 Å². The molecule has 2 aromatic rings. The van der Waals surface area contributed by atoms with Crippen molar-refractivity contribution < 1.29 is 8.78 Å². The van der Waals surface area contributed by atoms with Crippen LogP contribution in [0.4, 0.5) is 8.78 Å². The van der Waals surface area contributed by atoms with Crippen molar-refractivity contribution in [3.8, 4) is 11.1 Å². The van der Waals surface area contributed by atoms with Gasteiger partial charge in [0.15, 0.2) is 11.6 Å². The summed E-state index contributed by atoms with van der Waals surface area (Å²) in [5, 5.41) is 0.0921. The number of hydrogen-bond acceptors (Lipinski definition) is 2. The average Bonchev–Trinajstić information content (AvgIpc) is 2.23. The molecule has 1 heterocycles. The minimum absolute atomic E-state index is 0.0561. The highest BCUT2D eigenvalue weighted by Crippen LogP contribution is 2.28. The van der Waals surface area contributed by atoms with Crippen molar-refractivity contribution in [2.24, 2.45) is 0 Å². The summed E-state index contributed by atoms with van der Waals surface area (Å²) < 4.78 is 26.3. The number of benzene rings is 1. The van der Waals surface area contributed by atoms with Crippen LogP contribution >= 0.6 is 11.6 Å². The van der Waals surface area contributed by atoms with Crippen molar-refractivity contribution >= 4 is 11.6 Å². The second kappa shape index (κ2) is 3.90.